The normalized spacial score (nSPS) is 21.4. The second-order valence-corrected chi connectivity index (χ2v) is 5.56. The number of nitrogens with zero attached hydrogens (tertiary/aromatic N) is 2. The van der Waals surface area contributed by atoms with Gasteiger partial charge in [0.15, 0.2) is 0 Å². The molecule has 0 spiro atoms. The van der Waals surface area contributed by atoms with Gasteiger partial charge >= 0.3 is 6.18 Å². The van der Waals surface area contributed by atoms with E-state index in [2.05, 4.69) is 16.3 Å². The molecule has 3 nitrogen and oxygen atoms in total. The van der Waals surface area contributed by atoms with E-state index in [-0.39, 0.29) is 12.8 Å². The van der Waals surface area contributed by atoms with E-state index in [0.717, 1.165) is 25.8 Å². The smallest absolute Gasteiger partial charge is 0.303 e. The van der Waals surface area contributed by atoms with Gasteiger partial charge in [-0.3, -0.25) is 0 Å². The zero-order valence-corrected chi connectivity index (χ0v) is 12.3. The number of alkyl halides is 3. The molecule has 0 aromatic carbocycles. The largest absolute Gasteiger partial charge is 0.391 e. The minimum absolute atomic E-state index is 0.201. The lowest BCUT2D eigenvalue weighted by molar-refractivity contribution is -0.185. The molecule has 0 amide bonds. The molecule has 0 aromatic heterocycles. The molecule has 1 aliphatic heterocycles. The second-order valence-electron chi connectivity index (χ2n) is 5.56. The van der Waals surface area contributed by atoms with Crippen molar-refractivity contribution < 1.29 is 13.2 Å². The van der Waals surface area contributed by atoms with Crippen molar-refractivity contribution in [3.05, 3.63) is 0 Å². The Balaban J connectivity index is 2.30. The molecule has 0 aliphatic carbocycles. The van der Waals surface area contributed by atoms with Gasteiger partial charge in [-0.25, -0.2) is 0 Å². The van der Waals surface area contributed by atoms with E-state index in [9.17, 15) is 18.4 Å². The highest BCUT2D eigenvalue weighted by molar-refractivity contribution is 5.05. The van der Waals surface area contributed by atoms with Gasteiger partial charge in [-0.05, 0) is 58.8 Å². The van der Waals surface area contributed by atoms with Gasteiger partial charge < -0.3 is 10.2 Å². The van der Waals surface area contributed by atoms with Crippen molar-refractivity contribution in [3.8, 4) is 6.07 Å². The predicted molar refractivity (Wildman–Crippen MR) is 72.1 cm³/mol. The molecule has 1 rings (SSSR count). The third kappa shape index (κ3) is 4.64. The van der Waals surface area contributed by atoms with Crippen molar-refractivity contribution in [2.24, 2.45) is 5.92 Å². The number of rotatable bonds is 6. The summed E-state index contributed by atoms with van der Waals surface area (Å²) in [6.07, 6.45) is -1.35. The molecule has 0 radical (unpaired) electrons. The lowest BCUT2D eigenvalue weighted by atomic mass is 9.91. The first kappa shape index (κ1) is 17.3. The highest BCUT2D eigenvalue weighted by Crippen LogP contribution is 2.34. The third-order valence-corrected chi connectivity index (χ3v) is 4.42. The average molecular weight is 291 g/mol. The first-order valence-corrected chi connectivity index (χ1v) is 7.26. The monoisotopic (exact) mass is 291 g/mol. The van der Waals surface area contributed by atoms with Crippen LogP contribution < -0.4 is 5.32 Å². The SMILES string of the molecule is CCC(C#N)(CCCN1CCC(C(F)(F)F)CC1)NC. The van der Waals surface area contributed by atoms with Crippen LogP contribution in [-0.4, -0.2) is 43.3 Å². The van der Waals surface area contributed by atoms with Gasteiger partial charge in [0.2, 0.25) is 0 Å². The Morgan fingerprint density at radius 3 is 2.30 bits per heavy atom. The van der Waals surface area contributed by atoms with Crippen molar-refractivity contribution in [2.75, 3.05) is 26.7 Å². The number of halogens is 3. The van der Waals surface area contributed by atoms with Crippen LogP contribution in [0.3, 0.4) is 0 Å². The Kier molecular flexibility index (Phi) is 6.28. The molecule has 1 unspecified atom stereocenters. The Morgan fingerprint density at radius 2 is 1.90 bits per heavy atom. The van der Waals surface area contributed by atoms with Crippen LogP contribution in [0.5, 0.6) is 0 Å². The fraction of sp³-hybridized carbons (Fsp3) is 0.929. The maximum atomic E-state index is 12.6. The molecule has 1 aliphatic rings. The molecule has 20 heavy (non-hydrogen) atoms. The molecular formula is C14H24F3N3. The van der Waals surface area contributed by atoms with Gasteiger partial charge in [0.25, 0.3) is 0 Å². The van der Waals surface area contributed by atoms with Crippen LogP contribution in [0, 0.1) is 17.2 Å². The van der Waals surface area contributed by atoms with Crippen LogP contribution in [-0.2, 0) is 0 Å². The molecule has 1 N–H and O–H groups in total. The van der Waals surface area contributed by atoms with E-state index in [1.54, 1.807) is 7.05 Å². The molecule has 6 heteroatoms. The molecule has 1 atom stereocenters. The van der Waals surface area contributed by atoms with E-state index in [4.69, 9.17) is 0 Å². The fourth-order valence-electron chi connectivity index (χ4n) is 2.76. The standard InChI is InChI=1S/C14H24F3N3/c1-3-13(11-18,19-2)7-4-8-20-9-5-12(6-10-20)14(15,16)17/h12,19H,3-10H2,1-2H3. The topological polar surface area (TPSA) is 39.1 Å². The quantitative estimate of drug-likeness (QED) is 0.818. The Bertz CT molecular complexity index is 324. The number of nitrogens with one attached hydrogen (secondary N) is 1. The van der Waals surface area contributed by atoms with E-state index < -0.39 is 17.6 Å². The van der Waals surface area contributed by atoms with Crippen molar-refractivity contribution in [2.45, 2.75) is 50.7 Å². The summed E-state index contributed by atoms with van der Waals surface area (Å²) in [5.41, 5.74) is -0.496. The lowest BCUT2D eigenvalue weighted by Crippen LogP contribution is -2.43. The van der Waals surface area contributed by atoms with E-state index in [1.165, 1.54) is 0 Å². The Labute approximate surface area is 119 Å². The molecule has 1 fully saturated rings. The summed E-state index contributed by atoms with van der Waals surface area (Å²) in [6, 6.07) is 2.30. The minimum Gasteiger partial charge on any atom is -0.303 e. The third-order valence-electron chi connectivity index (χ3n) is 4.42. The van der Waals surface area contributed by atoms with Crippen LogP contribution in [0.1, 0.15) is 39.0 Å². The van der Waals surface area contributed by atoms with Gasteiger partial charge in [0.1, 0.15) is 5.54 Å². The molecule has 0 aromatic rings. The molecule has 0 bridgehead atoms. The minimum atomic E-state index is -4.05. The number of hydrogen-bond donors (Lipinski definition) is 1. The number of likely N-dealkylation sites (tertiary alicyclic amines) is 1. The maximum absolute atomic E-state index is 12.6. The summed E-state index contributed by atoms with van der Waals surface area (Å²) in [7, 11) is 1.78. The van der Waals surface area contributed by atoms with E-state index in [0.29, 0.717) is 13.1 Å². The highest BCUT2D eigenvalue weighted by atomic mass is 19.4. The second kappa shape index (κ2) is 7.28. The molecule has 0 saturated carbocycles. The summed E-state index contributed by atoms with van der Waals surface area (Å²) in [5.74, 6) is -1.13. The average Bonchev–Trinajstić information content (AvgIpc) is 2.44. The number of hydrogen-bond acceptors (Lipinski definition) is 3. The van der Waals surface area contributed by atoms with Crippen LogP contribution >= 0.6 is 0 Å². The van der Waals surface area contributed by atoms with Gasteiger partial charge in [-0.15, -0.1) is 0 Å². The van der Waals surface area contributed by atoms with Gasteiger partial charge in [-0.2, -0.15) is 18.4 Å². The van der Waals surface area contributed by atoms with E-state index in [1.807, 2.05) is 6.92 Å². The lowest BCUT2D eigenvalue weighted by Gasteiger charge is -2.33. The molecule has 1 heterocycles. The van der Waals surface area contributed by atoms with Crippen LogP contribution in [0.2, 0.25) is 0 Å². The summed E-state index contributed by atoms with van der Waals surface area (Å²) < 4.78 is 37.7. The predicted octanol–water partition coefficient (Wildman–Crippen LogP) is 2.93. The van der Waals surface area contributed by atoms with Crippen LogP contribution in [0.15, 0.2) is 0 Å². The number of piperidine rings is 1. The summed E-state index contributed by atoms with van der Waals surface area (Å²) in [6.45, 7) is 3.76. The Morgan fingerprint density at radius 1 is 1.30 bits per heavy atom. The first-order valence-electron chi connectivity index (χ1n) is 7.26. The summed E-state index contributed by atoms with van der Waals surface area (Å²) >= 11 is 0. The van der Waals surface area contributed by atoms with Crippen LogP contribution in [0.25, 0.3) is 0 Å². The van der Waals surface area contributed by atoms with Crippen molar-refractivity contribution in [1.29, 1.82) is 5.26 Å². The van der Waals surface area contributed by atoms with Crippen molar-refractivity contribution in [3.63, 3.8) is 0 Å². The summed E-state index contributed by atoms with van der Waals surface area (Å²) in [5, 5.41) is 12.2. The van der Waals surface area contributed by atoms with Crippen LogP contribution in [0.4, 0.5) is 13.2 Å². The Hall–Kier alpha value is -0.800. The maximum Gasteiger partial charge on any atom is 0.391 e. The fourth-order valence-corrected chi connectivity index (χ4v) is 2.76. The number of nitriles is 1. The summed E-state index contributed by atoms with van der Waals surface area (Å²) in [4.78, 5) is 2.08. The van der Waals surface area contributed by atoms with Crippen molar-refractivity contribution in [1.82, 2.24) is 10.2 Å². The van der Waals surface area contributed by atoms with Gasteiger partial charge in [0, 0.05) is 0 Å². The molecule has 116 valence electrons. The molecule has 1 saturated heterocycles. The molecular weight excluding hydrogens is 267 g/mol. The zero-order chi connectivity index (χ0) is 15.2. The highest BCUT2D eigenvalue weighted by Gasteiger charge is 2.40. The van der Waals surface area contributed by atoms with Gasteiger partial charge in [-0.1, -0.05) is 6.92 Å². The van der Waals surface area contributed by atoms with Crippen molar-refractivity contribution >= 4 is 0 Å². The van der Waals surface area contributed by atoms with Gasteiger partial charge in [0.05, 0.1) is 12.0 Å². The first-order chi connectivity index (χ1) is 9.37. The van der Waals surface area contributed by atoms with E-state index >= 15 is 0 Å². The zero-order valence-electron chi connectivity index (χ0n) is 12.3.